The molecule has 2 amide bonds. The Hall–Kier alpha value is -1.93. The van der Waals surface area contributed by atoms with Crippen molar-refractivity contribution in [2.45, 2.75) is 57.4 Å². The lowest BCUT2D eigenvalue weighted by atomic mass is 10.1. The molecule has 1 heterocycles. The van der Waals surface area contributed by atoms with E-state index in [9.17, 15) is 18.0 Å². The van der Waals surface area contributed by atoms with Crippen molar-refractivity contribution in [1.82, 2.24) is 14.5 Å². The first-order valence-corrected chi connectivity index (χ1v) is 11.8. The first-order chi connectivity index (χ1) is 13.7. The molecule has 3 rings (SSSR count). The fourth-order valence-corrected chi connectivity index (χ4v) is 5.86. The molecule has 1 N–H and O–H groups in total. The monoisotopic (exact) mass is 421 g/mol. The molecule has 1 unspecified atom stereocenters. The summed E-state index contributed by atoms with van der Waals surface area (Å²) in [6, 6.07) is 4.82. The fraction of sp³-hybridized carbons (Fsp3) is 0.619. The average molecular weight is 422 g/mol. The van der Waals surface area contributed by atoms with Gasteiger partial charge in [0.15, 0.2) is 0 Å². The molecule has 7 nitrogen and oxygen atoms in total. The van der Waals surface area contributed by atoms with E-state index in [4.69, 9.17) is 0 Å². The van der Waals surface area contributed by atoms with Gasteiger partial charge in [-0.1, -0.05) is 25.0 Å². The summed E-state index contributed by atoms with van der Waals surface area (Å²) in [6.45, 7) is 6.53. The largest absolute Gasteiger partial charge is 0.344 e. The molecule has 0 bridgehead atoms. The maximum atomic E-state index is 13.0. The average Bonchev–Trinajstić information content (AvgIpc) is 3.24. The van der Waals surface area contributed by atoms with Gasteiger partial charge in [-0.2, -0.15) is 4.31 Å². The van der Waals surface area contributed by atoms with E-state index in [0.29, 0.717) is 18.0 Å². The van der Waals surface area contributed by atoms with E-state index in [-0.39, 0.29) is 30.8 Å². The van der Waals surface area contributed by atoms with Gasteiger partial charge in [0.1, 0.15) is 6.04 Å². The van der Waals surface area contributed by atoms with Crippen LogP contribution in [0.1, 0.15) is 43.7 Å². The van der Waals surface area contributed by atoms with Crippen LogP contribution in [0.5, 0.6) is 0 Å². The van der Waals surface area contributed by atoms with Crippen molar-refractivity contribution in [3.8, 4) is 0 Å². The first-order valence-electron chi connectivity index (χ1n) is 10.4. The van der Waals surface area contributed by atoms with Crippen LogP contribution < -0.4 is 5.32 Å². The summed E-state index contributed by atoms with van der Waals surface area (Å²) in [4.78, 5) is 27.0. The maximum absolute atomic E-state index is 13.0. The van der Waals surface area contributed by atoms with Gasteiger partial charge in [0.2, 0.25) is 21.8 Å². The summed E-state index contributed by atoms with van der Waals surface area (Å²) in [5.41, 5.74) is 1.62. The molecule has 8 heteroatoms. The number of nitrogens with one attached hydrogen (secondary N) is 1. The predicted octanol–water partition coefficient (Wildman–Crippen LogP) is 1.83. The van der Waals surface area contributed by atoms with Gasteiger partial charge < -0.3 is 10.2 Å². The zero-order valence-electron chi connectivity index (χ0n) is 17.5. The van der Waals surface area contributed by atoms with Crippen LogP contribution in [0.4, 0.5) is 0 Å². The molecule has 1 aliphatic carbocycles. The summed E-state index contributed by atoms with van der Waals surface area (Å²) >= 11 is 0. The summed E-state index contributed by atoms with van der Waals surface area (Å²) in [5, 5.41) is 2.84. The Morgan fingerprint density at radius 1 is 1.07 bits per heavy atom. The van der Waals surface area contributed by atoms with Gasteiger partial charge in [0.25, 0.3) is 0 Å². The van der Waals surface area contributed by atoms with E-state index in [2.05, 4.69) is 5.32 Å². The van der Waals surface area contributed by atoms with Crippen LogP contribution in [0, 0.1) is 19.8 Å². The SMILES string of the molecule is Cc1ccc(C)c(S(=O)(=O)N2CCN(C(=O)C(C)NC(=O)C3CCCC3)CC2)c1. The Kier molecular flexibility index (Phi) is 6.63. The molecule has 1 atom stereocenters. The number of piperazine rings is 1. The first kappa shape index (κ1) is 21.8. The third kappa shape index (κ3) is 4.80. The molecule has 2 aliphatic rings. The second-order valence-electron chi connectivity index (χ2n) is 8.21. The predicted molar refractivity (Wildman–Crippen MR) is 111 cm³/mol. The van der Waals surface area contributed by atoms with Crippen LogP contribution in [-0.2, 0) is 19.6 Å². The zero-order valence-corrected chi connectivity index (χ0v) is 18.3. The molecular weight excluding hydrogens is 390 g/mol. The number of rotatable bonds is 5. The highest BCUT2D eigenvalue weighted by Gasteiger charge is 2.33. The van der Waals surface area contributed by atoms with Crippen molar-refractivity contribution in [1.29, 1.82) is 0 Å². The number of benzene rings is 1. The normalized spacial score (nSPS) is 19.9. The van der Waals surface area contributed by atoms with E-state index in [0.717, 1.165) is 36.8 Å². The minimum Gasteiger partial charge on any atom is -0.344 e. The lowest BCUT2D eigenvalue weighted by Crippen LogP contribution is -2.55. The van der Waals surface area contributed by atoms with Gasteiger partial charge in [-0.25, -0.2) is 8.42 Å². The topological polar surface area (TPSA) is 86.8 Å². The highest BCUT2D eigenvalue weighted by Crippen LogP contribution is 2.25. The lowest BCUT2D eigenvalue weighted by molar-refractivity contribution is -0.137. The van der Waals surface area contributed by atoms with E-state index in [1.54, 1.807) is 24.8 Å². The van der Waals surface area contributed by atoms with E-state index in [1.807, 2.05) is 19.1 Å². The molecular formula is C21H31N3O4S. The zero-order chi connectivity index (χ0) is 21.2. The molecule has 0 spiro atoms. The van der Waals surface area contributed by atoms with Gasteiger partial charge in [-0.05, 0) is 50.8 Å². The van der Waals surface area contributed by atoms with Crippen molar-refractivity contribution < 1.29 is 18.0 Å². The van der Waals surface area contributed by atoms with Crippen LogP contribution in [-0.4, -0.2) is 61.7 Å². The number of aryl methyl sites for hydroxylation is 2. The number of hydrogen-bond donors (Lipinski definition) is 1. The highest BCUT2D eigenvalue weighted by molar-refractivity contribution is 7.89. The van der Waals surface area contributed by atoms with Gasteiger partial charge in [-0.3, -0.25) is 9.59 Å². The maximum Gasteiger partial charge on any atom is 0.244 e. The van der Waals surface area contributed by atoms with Gasteiger partial charge in [-0.15, -0.1) is 0 Å². The standard InChI is InChI=1S/C21H31N3O4S/c1-15-8-9-16(2)19(14-15)29(27,28)24-12-10-23(11-13-24)21(26)17(3)22-20(25)18-6-4-5-7-18/h8-9,14,17-18H,4-7,10-13H2,1-3H3,(H,22,25). The summed E-state index contributed by atoms with van der Waals surface area (Å²) < 4.78 is 27.5. The molecule has 0 aromatic heterocycles. The van der Waals surface area contributed by atoms with Crippen molar-refractivity contribution >= 4 is 21.8 Å². The number of carbonyl (C=O) groups excluding carboxylic acids is 2. The smallest absolute Gasteiger partial charge is 0.244 e. The minimum atomic E-state index is -3.59. The van der Waals surface area contributed by atoms with E-state index >= 15 is 0 Å². The van der Waals surface area contributed by atoms with Crippen LogP contribution in [0.25, 0.3) is 0 Å². The van der Waals surface area contributed by atoms with Gasteiger partial charge >= 0.3 is 0 Å². The van der Waals surface area contributed by atoms with Crippen molar-refractivity contribution in [3.63, 3.8) is 0 Å². The summed E-state index contributed by atoms with van der Waals surface area (Å²) in [6.07, 6.45) is 3.91. The van der Waals surface area contributed by atoms with Gasteiger partial charge in [0.05, 0.1) is 4.90 Å². The number of hydrogen-bond acceptors (Lipinski definition) is 4. The number of amides is 2. The summed E-state index contributed by atoms with van der Waals surface area (Å²) in [7, 11) is -3.59. The minimum absolute atomic E-state index is 0.0183. The molecule has 1 aromatic carbocycles. The third-order valence-electron chi connectivity index (χ3n) is 5.97. The number of nitrogens with zero attached hydrogens (tertiary/aromatic N) is 2. The number of carbonyl (C=O) groups is 2. The highest BCUT2D eigenvalue weighted by atomic mass is 32.2. The Bertz CT molecular complexity index is 870. The van der Waals surface area contributed by atoms with Gasteiger partial charge in [0, 0.05) is 32.1 Å². The van der Waals surface area contributed by atoms with Crippen LogP contribution >= 0.6 is 0 Å². The molecule has 160 valence electrons. The second-order valence-corrected chi connectivity index (χ2v) is 10.1. The second kappa shape index (κ2) is 8.83. The Labute approximate surface area is 173 Å². The molecule has 1 saturated heterocycles. The van der Waals surface area contributed by atoms with Crippen LogP contribution in [0.15, 0.2) is 23.1 Å². The van der Waals surface area contributed by atoms with Crippen molar-refractivity contribution in [2.24, 2.45) is 5.92 Å². The van der Waals surface area contributed by atoms with E-state index in [1.165, 1.54) is 4.31 Å². The third-order valence-corrected chi connectivity index (χ3v) is 8.01. The van der Waals surface area contributed by atoms with Crippen molar-refractivity contribution in [3.05, 3.63) is 29.3 Å². The quantitative estimate of drug-likeness (QED) is 0.786. The molecule has 1 aromatic rings. The molecule has 2 fully saturated rings. The Balaban J connectivity index is 1.58. The fourth-order valence-electron chi connectivity index (χ4n) is 4.13. The Morgan fingerprint density at radius 3 is 2.31 bits per heavy atom. The van der Waals surface area contributed by atoms with E-state index < -0.39 is 16.1 Å². The van der Waals surface area contributed by atoms with Crippen LogP contribution in [0.2, 0.25) is 0 Å². The molecule has 29 heavy (non-hydrogen) atoms. The molecule has 0 radical (unpaired) electrons. The van der Waals surface area contributed by atoms with Crippen molar-refractivity contribution in [2.75, 3.05) is 26.2 Å². The number of sulfonamides is 1. The lowest BCUT2D eigenvalue weighted by Gasteiger charge is -2.35. The summed E-state index contributed by atoms with van der Waals surface area (Å²) in [5.74, 6) is -0.176. The van der Waals surface area contributed by atoms with Crippen LogP contribution in [0.3, 0.4) is 0 Å². The Morgan fingerprint density at radius 2 is 1.69 bits per heavy atom. The molecule has 1 saturated carbocycles. The molecule has 1 aliphatic heterocycles.